The second-order valence-corrected chi connectivity index (χ2v) is 7.86. The van der Waals surface area contributed by atoms with Crippen molar-refractivity contribution in [3.8, 4) is 0 Å². The van der Waals surface area contributed by atoms with E-state index in [2.05, 4.69) is 15.9 Å². The molecule has 0 aromatic heterocycles. The van der Waals surface area contributed by atoms with Gasteiger partial charge in [0, 0.05) is 18.8 Å². The Balaban J connectivity index is 3.24. The fraction of sp³-hybridized carbons (Fsp3) is 0.455. The highest BCUT2D eigenvalue weighted by Gasteiger charge is 2.27. The molecule has 0 amide bonds. The fourth-order valence-corrected chi connectivity index (χ4v) is 4.28. The van der Waals surface area contributed by atoms with Gasteiger partial charge in [0.15, 0.2) is 0 Å². The molecule has 0 heterocycles. The zero-order valence-corrected chi connectivity index (χ0v) is 14.1. The Morgan fingerprint density at radius 1 is 1.53 bits per heavy atom. The lowest BCUT2D eigenvalue weighted by molar-refractivity contribution is 0.415. The van der Waals surface area contributed by atoms with Gasteiger partial charge in [-0.3, -0.25) is 0 Å². The minimum absolute atomic E-state index is 0.0752. The van der Waals surface area contributed by atoms with Crippen LogP contribution in [-0.4, -0.2) is 37.8 Å². The number of benzene rings is 1. The van der Waals surface area contributed by atoms with Crippen molar-refractivity contribution in [1.82, 2.24) is 4.31 Å². The average molecular weight is 371 g/mol. The van der Waals surface area contributed by atoms with Gasteiger partial charge in [-0.2, -0.15) is 16.1 Å². The molecule has 0 radical (unpaired) electrons. The summed E-state index contributed by atoms with van der Waals surface area (Å²) in [5.74, 6) is 0.0779. The maximum absolute atomic E-state index is 13.3. The van der Waals surface area contributed by atoms with Gasteiger partial charge in [0.2, 0.25) is 10.0 Å². The molecule has 1 unspecified atom stereocenters. The van der Waals surface area contributed by atoms with E-state index >= 15 is 0 Å². The molecule has 0 aliphatic heterocycles. The van der Waals surface area contributed by atoms with Crippen LogP contribution in [0.25, 0.3) is 0 Å². The van der Waals surface area contributed by atoms with Crippen molar-refractivity contribution in [2.45, 2.75) is 17.9 Å². The number of thioether (sulfide) groups is 1. The lowest BCUT2D eigenvalue weighted by atomic mass is 10.3. The van der Waals surface area contributed by atoms with E-state index in [9.17, 15) is 12.8 Å². The zero-order valence-electron chi connectivity index (χ0n) is 10.9. The molecule has 0 bridgehead atoms. The third kappa shape index (κ3) is 3.62. The third-order valence-electron chi connectivity index (χ3n) is 2.74. The molecular formula is C11H16BrFN2O2S2. The summed E-state index contributed by atoms with van der Waals surface area (Å²) >= 11 is 4.52. The van der Waals surface area contributed by atoms with E-state index in [0.29, 0.717) is 5.75 Å². The normalized spacial score (nSPS) is 13.8. The van der Waals surface area contributed by atoms with E-state index in [4.69, 9.17) is 5.73 Å². The molecule has 0 aliphatic carbocycles. The summed E-state index contributed by atoms with van der Waals surface area (Å²) in [6, 6.07) is 2.02. The summed E-state index contributed by atoms with van der Waals surface area (Å²) in [4.78, 5) is -0.0868. The Kier molecular flexibility index (Phi) is 5.66. The highest BCUT2D eigenvalue weighted by atomic mass is 79.9. The molecule has 1 aromatic rings. The Labute approximate surface area is 125 Å². The number of nitrogens with two attached hydrogens (primary N) is 1. The van der Waals surface area contributed by atoms with Crippen molar-refractivity contribution < 1.29 is 12.8 Å². The molecule has 1 rings (SSSR count). The van der Waals surface area contributed by atoms with Crippen LogP contribution in [0.2, 0.25) is 0 Å². The van der Waals surface area contributed by atoms with Crippen LogP contribution in [0, 0.1) is 5.82 Å². The van der Waals surface area contributed by atoms with Crippen molar-refractivity contribution in [2.75, 3.05) is 24.8 Å². The number of hydrogen-bond donors (Lipinski definition) is 1. The van der Waals surface area contributed by atoms with Crippen molar-refractivity contribution >= 4 is 43.4 Å². The molecule has 0 spiro atoms. The molecule has 0 fully saturated rings. The van der Waals surface area contributed by atoms with Crippen LogP contribution in [0.1, 0.15) is 6.92 Å². The lowest BCUT2D eigenvalue weighted by Crippen LogP contribution is -2.36. The lowest BCUT2D eigenvalue weighted by Gasteiger charge is -2.24. The van der Waals surface area contributed by atoms with Crippen LogP contribution in [0.5, 0.6) is 0 Å². The van der Waals surface area contributed by atoms with Gasteiger partial charge in [-0.1, -0.05) is 0 Å². The minimum atomic E-state index is -3.73. The number of nitrogens with zero attached hydrogens (tertiary/aromatic N) is 1. The predicted molar refractivity (Wildman–Crippen MR) is 81.3 cm³/mol. The molecule has 108 valence electrons. The first-order valence-electron chi connectivity index (χ1n) is 5.43. The molecule has 0 saturated carbocycles. The first kappa shape index (κ1) is 16.7. The van der Waals surface area contributed by atoms with Crippen molar-refractivity contribution in [3.63, 3.8) is 0 Å². The SMILES string of the molecule is CSCC(C)N(C)S(=O)(=O)c1cc(Br)c(F)cc1N. The number of rotatable bonds is 5. The number of sulfonamides is 1. The van der Waals surface area contributed by atoms with Crippen molar-refractivity contribution in [3.05, 3.63) is 22.4 Å². The van der Waals surface area contributed by atoms with Gasteiger partial charge in [0.1, 0.15) is 10.7 Å². The molecule has 4 nitrogen and oxygen atoms in total. The number of nitrogen functional groups attached to an aromatic ring is 1. The maximum Gasteiger partial charge on any atom is 0.245 e. The van der Waals surface area contributed by atoms with Crippen LogP contribution >= 0.6 is 27.7 Å². The van der Waals surface area contributed by atoms with E-state index in [1.54, 1.807) is 11.8 Å². The minimum Gasteiger partial charge on any atom is -0.398 e. The van der Waals surface area contributed by atoms with Crippen LogP contribution in [-0.2, 0) is 10.0 Å². The molecule has 2 N–H and O–H groups in total. The van der Waals surface area contributed by atoms with Gasteiger partial charge in [0.25, 0.3) is 0 Å². The second kappa shape index (κ2) is 6.43. The topological polar surface area (TPSA) is 63.4 Å². The second-order valence-electron chi connectivity index (χ2n) is 4.13. The Bertz CT molecular complexity index is 566. The number of halogens is 2. The summed E-state index contributed by atoms with van der Waals surface area (Å²) < 4.78 is 39.5. The molecule has 1 aromatic carbocycles. The first-order valence-corrected chi connectivity index (χ1v) is 9.06. The van der Waals surface area contributed by atoms with Gasteiger partial charge in [-0.05, 0) is 41.2 Å². The van der Waals surface area contributed by atoms with Gasteiger partial charge in [-0.25, -0.2) is 12.8 Å². The van der Waals surface area contributed by atoms with Gasteiger partial charge < -0.3 is 5.73 Å². The standard InChI is InChI=1S/C11H16BrFN2O2S2/c1-7(6-18-3)15(2)19(16,17)11-4-8(12)9(13)5-10(11)14/h4-5,7H,6,14H2,1-3H3. The maximum atomic E-state index is 13.3. The molecule has 0 aliphatic rings. The first-order chi connectivity index (χ1) is 8.71. The predicted octanol–water partition coefficient (Wildman–Crippen LogP) is 2.54. The third-order valence-corrected chi connectivity index (χ3v) is 6.19. The average Bonchev–Trinajstić information content (AvgIpc) is 2.32. The highest BCUT2D eigenvalue weighted by Crippen LogP contribution is 2.29. The van der Waals surface area contributed by atoms with Crippen molar-refractivity contribution in [1.29, 1.82) is 0 Å². The largest absolute Gasteiger partial charge is 0.398 e. The van der Waals surface area contributed by atoms with Gasteiger partial charge in [0.05, 0.1) is 10.2 Å². The van der Waals surface area contributed by atoms with Crippen LogP contribution in [0.15, 0.2) is 21.5 Å². The van der Waals surface area contributed by atoms with Crippen molar-refractivity contribution in [2.24, 2.45) is 0 Å². The number of anilines is 1. The number of hydrogen-bond acceptors (Lipinski definition) is 4. The summed E-state index contributed by atoms with van der Waals surface area (Å²) in [6.45, 7) is 1.81. The van der Waals surface area contributed by atoms with Crippen LogP contribution in [0.3, 0.4) is 0 Å². The van der Waals surface area contributed by atoms with E-state index in [1.165, 1.54) is 17.4 Å². The molecule has 1 atom stereocenters. The summed E-state index contributed by atoms with van der Waals surface area (Å²) in [5, 5.41) is 0. The van der Waals surface area contributed by atoms with Crippen LogP contribution < -0.4 is 5.73 Å². The highest BCUT2D eigenvalue weighted by molar-refractivity contribution is 9.10. The Morgan fingerprint density at radius 2 is 2.11 bits per heavy atom. The fourth-order valence-electron chi connectivity index (χ4n) is 1.51. The summed E-state index contributed by atoms with van der Waals surface area (Å²) in [6.07, 6.45) is 1.90. The van der Waals surface area contributed by atoms with E-state index in [1.807, 2.05) is 13.2 Å². The molecule has 19 heavy (non-hydrogen) atoms. The molecule has 8 heteroatoms. The summed E-state index contributed by atoms with van der Waals surface area (Å²) in [7, 11) is -2.24. The molecule has 0 saturated heterocycles. The Hall–Kier alpha value is -0.310. The van der Waals surface area contributed by atoms with E-state index in [0.717, 1.165) is 6.07 Å². The zero-order chi connectivity index (χ0) is 14.8. The smallest absolute Gasteiger partial charge is 0.245 e. The van der Waals surface area contributed by atoms with Gasteiger partial charge >= 0.3 is 0 Å². The van der Waals surface area contributed by atoms with Crippen LogP contribution in [0.4, 0.5) is 10.1 Å². The Morgan fingerprint density at radius 3 is 2.63 bits per heavy atom. The van der Waals surface area contributed by atoms with E-state index < -0.39 is 15.8 Å². The quantitative estimate of drug-likeness (QED) is 0.808. The van der Waals surface area contributed by atoms with E-state index in [-0.39, 0.29) is 21.1 Å². The monoisotopic (exact) mass is 370 g/mol. The van der Waals surface area contributed by atoms with Gasteiger partial charge in [-0.15, -0.1) is 0 Å². The molecular weight excluding hydrogens is 355 g/mol. The summed E-state index contributed by atoms with van der Waals surface area (Å²) in [5.41, 5.74) is 5.52.